The van der Waals surface area contributed by atoms with Gasteiger partial charge in [-0.1, -0.05) is 42.5 Å². The van der Waals surface area contributed by atoms with Crippen LogP contribution in [0.5, 0.6) is 0 Å². The molecule has 1 atom stereocenters. The molecule has 0 fully saturated rings. The Morgan fingerprint density at radius 3 is 2.47 bits per heavy atom. The van der Waals surface area contributed by atoms with Crippen LogP contribution in [0.3, 0.4) is 0 Å². The zero-order valence-corrected chi connectivity index (χ0v) is 9.10. The van der Waals surface area contributed by atoms with Gasteiger partial charge in [-0.2, -0.15) is 0 Å². The molecule has 0 heterocycles. The van der Waals surface area contributed by atoms with Gasteiger partial charge in [0.15, 0.2) is 0 Å². The molecule has 0 amide bonds. The molecule has 0 spiro atoms. The van der Waals surface area contributed by atoms with E-state index in [9.17, 15) is 9.90 Å². The molecular formula is C13H16O2. The molecule has 1 aromatic carbocycles. The van der Waals surface area contributed by atoms with Gasteiger partial charge < -0.3 is 5.11 Å². The molecule has 2 heteroatoms. The van der Waals surface area contributed by atoms with Crippen LogP contribution < -0.4 is 0 Å². The summed E-state index contributed by atoms with van der Waals surface area (Å²) in [6.45, 7) is 3.65. The minimum Gasteiger partial charge on any atom is -0.481 e. The SMILES string of the molecule is C/C=C/CC(C)(C(=O)O)c1ccccc1. The molecule has 1 aromatic rings. The highest BCUT2D eigenvalue weighted by atomic mass is 16.4. The number of allylic oxidation sites excluding steroid dienone is 2. The summed E-state index contributed by atoms with van der Waals surface area (Å²) in [6.07, 6.45) is 4.29. The average Bonchev–Trinajstić information content (AvgIpc) is 2.27. The Hall–Kier alpha value is -1.57. The summed E-state index contributed by atoms with van der Waals surface area (Å²) in [7, 11) is 0. The lowest BCUT2D eigenvalue weighted by molar-refractivity contribution is -0.143. The Morgan fingerprint density at radius 1 is 1.40 bits per heavy atom. The molecule has 1 unspecified atom stereocenters. The highest BCUT2D eigenvalue weighted by Crippen LogP contribution is 2.28. The third-order valence-electron chi connectivity index (χ3n) is 2.64. The van der Waals surface area contributed by atoms with Gasteiger partial charge in [-0.25, -0.2) is 0 Å². The second kappa shape index (κ2) is 4.78. The van der Waals surface area contributed by atoms with Crippen LogP contribution in [-0.2, 0) is 10.2 Å². The second-order valence-corrected chi connectivity index (χ2v) is 3.78. The molecule has 0 radical (unpaired) electrons. The van der Waals surface area contributed by atoms with Crippen molar-refractivity contribution in [2.75, 3.05) is 0 Å². The third-order valence-corrected chi connectivity index (χ3v) is 2.64. The van der Waals surface area contributed by atoms with Crippen molar-refractivity contribution in [2.24, 2.45) is 0 Å². The molecule has 0 aliphatic rings. The number of benzene rings is 1. The van der Waals surface area contributed by atoms with Gasteiger partial charge in [-0.3, -0.25) is 4.79 Å². The van der Waals surface area contributed by atoms with Gasteiger partial charge in [0.05, 0.1) is 5.41 Å². The number of rotatable bonds is 4. The maximum atomic E-state index is 11.3. The molecule has 0 saturated carbocycles. The predicted molar refractivity (Wildman–Crippen MR) is 60.9 cm³/mol. The van der Waals surface area contributed by atoms with Gasteiger partial charge in [0.2, 0.25) is 0 Å². The van der Waals surface area contributed by atoms with Gasteiger partial charge in [0.1, 0.15) is 0 Å². The molecule has 80 valence electrons. The smallest absolute Gasteiger partial charge is 0.314 e. The number of hydrogen-bond donors (Lipinski definition) is 1. The van der Waals surface area contributed by atoms with Gasteiger partial charge in [-0.15, -0.1) is 0 Å². The lowest BCUT2D eigenvalue weighted by Gasteiger charge is -2.23. The average molecular weight is 204 g/mol. The standard InChI is InChI=1S/C13H16O2/c1-3-4-10-13(2,12(14)15)11-8-6-5-7-9-11/h3-9H,10H2,1-2H3,(H,14,15)/b4-3+. The second-order valence-electron chi connectivity index (χ2n) is 3.78. The Balaban J connectivity index is 3.07. The van der Waals surface area contributed by atoms with E-state index in [0.717, 1.165) is 5.56 Å². The largest absolute Gasteiger partial charge is 0.481 e. The molecule has 1 rings (SSSR count). The fourth-order valence-corrected chi connectivity index (χ4v) is 1.49. The van der Waals surface area contributed by atoms with E-state index in [-0.39, 0.29) is 0 Å². The summed E-state index contributed by atoms with van der Waals surface area (Å²) < 4.78 is 0. The molecule has 0 bridgehead atoms. The first-order chi connectivity index (χ1) is 7.11. The fraction of sp³-hybridized carbons (Fsp3) is 0.308. The van der Waals surface area contributed by atoms with Crippen LogP contribution in [0.15, 0.2) is 42.5 Å². The summed E-state index contributed by atoms with van der Waals surface area (Å²) in [6, 6.07) is 9.34. The summed E-state index contributed by atoms with van der Waals surface area (Å²) in [5.74, 6) is -0.785. The first kappa shape index (κ1) is 11.5. The fourth-order valence-electron chi connectivity index (χ4n) is 1.49. The summed E-state index contributed by atoms with van der Waals surface area (Å²) in [5.41, 5.74) is 0.0175. The number of carboxylic acids is 1. The summed E-state index contributed by atoms with van der Waals surface area (Å²) in [5, 5.41) is 9.28. The zero-order chi connectivity index (χ0) is 11.3. The van der Waals surface area contributed by atoms with E-state index in [2.05, 4.69) is 0 Å². The molecular weight excluding hydrogens is 188 g/mol. The van der Waals surface area contributed by atoms with E-state index in [1.54, 1.807) is 6.92 Å². The van der Waals surface area contributed by atoms with Crippen molar-refractivity contribution in [1.29, 1.82) is 0 Å². The molecule has 0 aromatic heterocycles. The van der Waals surface area contributed by atoms with Crippen LogP contribution in [-0.4, -0.2) is 11.1 Å². The molecule has 1 N–H and O–H groups in total. The molecule has 15 heavy (non-hydrogen) atoms. The topological polar surface area (TPSA) is 37.3 Å². The van der Waals surface area contributed by atoms with Crippen molar-refractivity contribution >= 4 is 5.97 Å². The Morgan fingerprint density at radius 2 is 2.00 bits per heavy atom. The van der Waals surface area contributed by atoms with Gasteiger partial charge >= 0.3 is 5.97 Å². The summed E-state index contributed by atoms with van der Waals surface area (Å²) in [4.78, 5) is 11.3. The van der Waals surface area contributed by atoms with Crippen LogP contribution in [0, 0.1) is 0 Å². The van der Waals surface area contributed by atoms with E-state index in [4.69, 9.17) is 0 Å². The maximum absolute atomic E-state index is 11.3. The van der Waals surface area contributed by atoms with Crippen LogP contribution in [0.1, 0.15) is 25.8 Å². The highest BCUT2D eigenvalue weighted by Gasteiger charge is 2.33. The minimum atomic E-state index is -0.826. The quantitative estimate of drug-likeness (QED) is 0.765. The van der Waals surface area contributed by atoms with Crippen LogP contribution >= 0.6 is 0 Å². The van der Waals surface area contributed by atoms with Crippen molar-refractivity contribution in [3.05, 3.63) is 48.0 Å². The number of carboxylic acid groups (broad SMARTS) is 1. The molecule has 2 nitrogen and oxygen atoms in total. The Kier molecular flexibility index (Phi) is 3.67. The van der Waals surface area contributed by atoms with E-state index < -0.39 is 11.4 Å². The maximum Gasteiger partial charge on any atom is 0.314 e. The van der Waals surface area contributed by atoms with Crippen molar-refractivity contribution in [1.82, 2.24) is 0 Å². The molecule has 0 aliphatic carbocycles. The Bertz CT molecular complexity index is 354. The molecule has 0 aliphatic heterocycles. The van der Waals surface area contributed by atoms with Gasteiger partial charge in [0.25, 0.3) is 0 Å². The van der Waals surface area contributed by atoms with E-state index in [0.29, 0.717) is 6.42 Å². The van der Waals surface area contributed by atoms with Crippen molar-refractivity contribution in [2.45, 2.75) is 25.7 Å². The normalized spacial score (nSPS) is 15.1. The monoisotopic (exact) mass is 204 g/mol. The van der Waals surface area contributed by atoms with E-state index >= 15 is 0 Å². The van der Waals surface area contributed by atoms with E-state index in [1.807, 2.05) is 49.4 Å². The van der Waals surface area contributed by atoms with Crippen LogP contribution in [0.4, 0.5) is 0 Å². The predicted octanol–water partition coefficient (Wildman–Crippen LogP) is 3.00. The van der Waals surface area contributed by atoms with E-state index in [1.165, 1.54) is 0 Å². The van der Waals surface area contributed by atoms with Gasteiger partial charge in [0, 0.05) is 0 Å². The number of carbonyl (C=O) groups is 1. The van der Waals surface area contributed by atoms with Crippen molar-refractivity contribution in [3.8, 4) is 0 Å². The van der Waals surface area contributed by atoms with Crippen LogP contribution in [0.25, 0.3) is 0 Å². The van der Waals surface area contributed by atoms with Gasteiger partial charge in [-0.05, 0) is 25.8 Å². The highest BCUT2D eigenvalue weighted by molar-refractivity contribution is 5.81. The minimum absolute atomic E-state index is 0.517. The number of aliphatic carboxylic acids is 1. The lowest BCUT2D eigenvalue weighted by atomic mass is 9.79. The Labute approximate surface area is 90.3 Å². The van der Waals surface area contributed by atoms with Crippen molar-refractivity contribution < 1.29 is 9.90 Å². The third kappa shape index (κ3) is 2.46. The molecule has 0 saturated heterocycles. The lowest BCUT2D eigenvalue weighted by Crippen LogP contribution is -2.31. The van der Waals surface area contributed by atoms with Crippen LogP contribution in [0.2, 0.25) is 0 Å². The first-order valence-corrected chi connectivity index (χ1v) is 5.01. The summed E-state index contributed by atoms with van der Waals surface area (Å²) >= 11 is 0. The zero-order valence-electron chi connectivity index (χ0n) is 9.10. The van der Waals surface area contributed by atoms with Crippen molar-refractivity contribution in [3.63, 3.8) is 0 Å². The number of hydrogen-bond acceptors (Lipinski definition) is 1. The first-order valence-electron chi connectivity index (χ1n) is 5.01.